The summed E-state index contributed by atoms with van der Waals surface area (Å²) in [7, 11) is 0. The maximum absolute atomic E-state index is 13.5. The molecule has 0 amide bonds. The smallest absolute Gasteiger partial charge is 0.150 e. The Kier molecular flexibility index (Phi) is 3.91. The second-order valence-corrected chi connectivity index (χ2v) is 4.82. The summed E-state index contributed by atoms with van der Waals surface area (Å²) < 4.78 is 26.8. The van der Waals surface area contributed by atoms with Gasteiger partial charge in [0.15, 0.2) is 0 Å². The molecule has 0 aliphatic carbocycles. The molecule has 18 heavy (non-hydrogen) atoms. The number of aryl methyl sites for hydroxylation is 1. The van der Waals surface area contributed by atoms with Gasteiger partial charge in [-0.25, -0.2) is 8.78 Å². The van der Waals surface area contributed by atoms with E-state index in [2.05, 4.69) is 26.2 Å². The van der Waals surface area contributed by atoms with Crippen LogP contribution in [-0.2, 0) is 6.54 Å². The van der Waals surface area contributed by atoms with Crippen LogP contribution in [0.1, 0.15) is 11.1 Å². The molecule has 0 aliphatic heterocycles. The highest BCUT2D eigenvalue weighted by molar-refractivity contribution is 9.10. The van der Waals surface area contributed by atoms with E-state index in [9.17, 15) is 8.78 Å². The summed E-state index contributed by atoms with van der Waals surface area (Å²) in [4.78, 5) is 4.05. The van der Waals surface area contributed by atoms with Crippen LogP contribution >= 0.6 is 15.9 Å². The first-order valence-corrected chi connectivity index (χ1v) is 6.14. The number of pyridine rings is 1. The molecule has 94 valence electrons. The van der Waals surface area contributed by atoms with Gasteiger partial charge < -0.3 is 5.32 Å². The number of nitrogens with one attached hydrogen (secondary N) is 1. The second kappa shape index (κ2) is 5.44. The molecule has 2 rings (SSSR count). The molecular formula is C13H11BrF2N2. The maximum Gasteiger partial charge on any atom is 0.150 e. The van der Waals surface area contributed by atoms with E-state index in [1.165, 1.54) is 6.07 Å². The first kappa shape index (κ1) is 13.0. The lowest BCUT2D eigenvalue weighted by atomic mass is 10.2. The molecule has 0 fully saturated rings. The Hall–Kier alpha value is -1.49. The highest BCUT2D eigenvalue weighted by Crippen LogP contribution is 2.27. The van der Waals surface area contributed by atoms with Crippen LogP contribution in [0.5, 0.6) is 0 Å². The minimum absolute atomic E-state index is 0.248. The lowest BCUT2D eigenvalue weighted by Crippen LogP contribution is -2.03. The van der Waals surface area contributed by atoms with Gasteiger partial charge >= 0.3 is 0 Å². The zero-order valence-corrected chi connectivity index (χ0v) is 11.3. The zero-order chi connectivity index (χ0) is 13.1. The predicted octanol–water partition coefficient (Wildman–Crippen LogP) is 4.04. The minimum Gasteiger partial charge on any atom is -0.378 e. The number of benzene rings is 1. The summed E-state index contributed by atoms with van der Waals surface area (Å²) >= 11 is 3.13. The first-order valence-electron chi connectivity index (χ1n) is 5.35. The summed E-state index contributed by atoms with van der Waals surface area (Å²) in [6.07, 6.45) is 3.45. The van der Waals surface area contributed by atoms with E-state index < -0.39 is 11.6 Å². The van der Waals surface area contributed by atoms with Crippen molar-refractivity contribution in [2.45, 2.75) is 13.5 Å². The Morgan fingerprint density at radius 2 is 2.00 bits per heavy atom. The van der Waals surface area contributed by atoms with E-state index >= 15 is 0 Å². The lowest BCUT2D eigenvalue weighted by Gasteiger charge is -2.10. The molecule has 2 aromatic rings. The third-order valence-corrected chi connectivity index (χ3v) is 3.03. The summed E-state index contributed by atoms with van der Waals surface area (Å²) in [6.45, 7) is 2.36. The maximum atomic E-state index is 13.5. The largest absolute Gasteiger partial charge is 0.378 e. The third-order valence-electron chi connectivity index (χ3n) is 2.41. The highest BCUT2D eigenvalue weighted by atomic mass is 79.9. The van der Waals surface area contributed by atoms with Crippen LogP contribution in [0.15, 0.2) is 35.1 Å². The van der Waals surface area contributed by atoms with Crippen molar-refractivity contribution in [3.8, 4) is 0 Å². The van der Waals surface area contributed by atoms with Gasteiger partial charge in [-0.3, -0.25) is 4.98 Å². The molecule has 0 unspecified atom stereocenters. The number of aromatic nitrogens is 1. The fourth-order valence-corrected chi connectivity index (χ4v) is 2.16. The molecule has 1 aromatic heterocycles. The monoisotopic (exact) mass is 312 g/mol. The molecule has 5 heteroatoms. The Bertz CT molecular complexity index is 550. The van der Waals surface area contributed by atoms with Crippen molar-refractivity contribution in [2.75, 3.05) is 5.32 Å². The van der Waals surface area contributed by atoms with Crippen LogP contribution in [0, 0.1) is 18.6 Å². The molecule has 0 atom stereocenters. The van der Waals surface area contributed by atoms with Gasteiger partial charge in [-0.2, -0.15) is 0 Å². The topological polar surface area (TPSA) is 24.9 Å². The quantitative estimate of drug-likeness (QED) is 0.925. The van der Waals surface area contributed by atoms with Crippen molar-refractivity contribution < 1.29 is 8.78 Å². The van der Waals surface area contributed by atoms with E-state index in [0.29, 0.717) is 11.0 Å². The van der Waals surface area contributed by atoms with Gasteiger partial charge in [0.05, 0.1) is 5.69 Å². The Balaban J connectivity index is 2.16. The van der Waals surface area contributed by atoms with E-state index in [-0.39, 0.29) is 5.69 Å². The van der Waals surface area contributed by atoms with Gasteiger partial charge in [-0.15, -0.1) is 0 Å². The average molecular weight is 313 g/mol. The highest BCUT2D eigenvalue weighted by Gasteiger charge is 2.09. The van der Waals surface area contributed by atoms with Crippen LogP contribution < -0.4 is 5.32 Å². The fourth-order valence-electron chi connectivity index (χ4n) is 1.62. The molecule has 0 aliphatic rings. The van der Waals surface area contributed by atoms with Crippen molar-refractivity contribution in [1.82, 2.24) is 4.98 Å². The molecule has 0 radical (unpaired) electrons. The average Bonchev–Trinajstić information content (AvgIpc) is 2.27. The van der Waals surface area contributed by atoms with Gasteiger partial charge in [-0.1, -0.05) is 6.07 Å². The molecule has 1 aromatic carbocycles. The molecule has 0 spiro atoms. The Morgan fingerprint density at radius 3 is 2.67 bits per heavy atom. The van der Waals surface area contributed by atoms with E-state index in [1.54, 1.807) is 12.4 Å². The number of nitrogens with zero attached hydrogens (tertiary/aromatic N) is 1. The molecule has 1 heterocycles. The molecule has 0 saturated carbocycles. The molecular weight excluding hydrogens is 302 g/mol. The molecule has 1 N–H and O–H groups in total. The molecule has 2 nitrogen and oxygen atoms in total. The summed E-state index contributed by atoms with van der Waals surface area (Å²) in [6, 6.07) is 4.02. The van der Waals surface area contributed by atoms with Gasteiger partial charge in [0, 0.05) is 29.5 Å². The van der Waals surface area contributed by atoms with Crippen LogP contribution in [0.2, 0.25) is 0 Å². The zero-order valence-electron chi connectivity index (χ0n) is 9.67. The fraction of sp³-hybridized carbons (Fsp3) is 0.154. The SMILES string of the molecule is Cc1cncc(CNc2c(F)cc(F)cc2Br)c1. The number of hydrogen-bond acceptors (Lipinski definition) is 2. The van der Waals surface area contributed by atoms with Crippen LogP contribution in [0.3, 0.4) is 0 Å². The van der Waals surface area contributed by atoms with Crippen LogP contribution in [0.4, 0.5) is 14.5 Å². The van der Waals surface area contributed by atoms with Crippen molar-refractivity contribution in [1.29, 1.82) is 0 Å². The summed E-state index contributed by atoms with van der Waals surface area (Å²) in [5.41, 5.74) is 2.22. The van der Waals surface area contributed by atoms with Crippen LogP contribution in [-0.4, -0.2) is 4.98 Å². The van der Waals surface area contributed by atoms with Crippen molar-refractivity contribution in [3.05, 3.63) is 57.8 Å². The van der Waals surface area contributed by atoms with E-state index in [0.717, 1.165) is 17.2 Å². The predicted molar refractivity (Wildman–Crippen MR) is 70.4 cm³/mol. The Labute approximate surface area is 112 Å². The number of halogens is 3. The van der Waals surface area contributed by atoms with Crippen molar-refractivity contribution in [2.24, 2.45) is 0 Å². The number of hydrogen-bond donors (Lipinski definition) is 1. The lowest BCUT2D eigenvalue weighted by molar-refractivity contribution is 0.583. The summed E-state index contributed by atoms with van der Waals surface area (Å²) in [5, 5.41) is 2.92. The molecule has 0 saturated heterocycles. The van der Waals surface area contributed by atoms with Gasteiger partial charge in [-0.05, 0) is 40.0 Å². The van der Waals surface area contributed by atoms with Crippen LogP contribution in [0.25, 0.3) is 0 Å². The second-order valence-electron chi connectivity index (χ2n) is 3.97. The Morgan fingerprint density at radius 1 is 1.22 bits per heavy atom. The van der Waals surface area contributed by atoms with Gasteiger partial charge in [0.2, 0.25) is 0 Å². The molecule has 0 bridgehead atoms. The number of anilines is 1. The summed E-state index contributed by atoms with van der Waals surface area (Å²) in [5.74, 6) is -1.23. The van der Waals surface area contributed by atoms with Crippen molar-refractivity contribution in [3.63, 3.8) is 0 Å². The number of rotatable bonds is 3. The van der Waals surface area contributed by atoms with Gasteiger partial charge in [0.1, 0.15) is 11.6 Å². The van der Waals surface area contributed by atoms with E-state index in [1.807, 2.05) is 13.0 Å². The third kappa shape index (κ3) is 3.04. The van der Waals surface area contributed by atoms with E-state index in [4.69, 9.17) is 0 Å². The first-order chi connectivity index (χ1) is 8.56. The van der Waals surface area contributed by atoms with Crippen molar-refractivity contribution >= 4 is 21.6 Å². The normalized spacial score (nSPS) is 10.4. The standard InChI is InChI=1S/C13H11BrF2N2/c1-8-2-9(6-17-5-8)7-18-13-11(14)3-10(15)4-12(13)16/h2-6,18H,7H2,1H3. The minimum atomic E-state index is -0.623. The van der Waals surface area contributed by atoms with Gasteiger partial charge in [0.25, 0.3) is 0 Å².